The topological polar surface area (TPSA) is 95.1 Å². The highest BCUT2D eigenvalue weighted by atomic mass is 31.2. The Labute approximate surface area is 47.8 Å². The number of hydrogen-bond acceptors (Lipinski definition) is 4. The maximum absolute atomic E-state index is 9.95. The van der Waals surface area contributed by atoms with Gasteiger partial charge < -0.3 is 20.1 Å². The van der Waals surface area contributed by atoms with Gasteiger partial charge in [-0.25, -0.2) is 0 Å². The van der Waals surface area contributed by atoms with E-state index >= 15 is 0 Å². The van der Waals surface area contributed by atoms with Crippen LogP contribution in [0.2, 0.25) is 0 Å². The number of quaternary nitrogens is 1. The van der Waals surface area contributed by atoms with Gasteiger partial charge in [-0.05, 0) is 0 Å². The van der Waals surface area contributed by atoms with Crippen LogP contribution in [0.3, 0.4) is 0 Å². The first kappa shape index (κ1) is 10.9. The molecular weight excluding hydrogens is 133 g/mol. The van der Waals surface area contributed by atoms with Crippen molar-refractivity contribution in [2.45, 2.75) is 0 Å². The van der Waals surface area contributed by atoms with Crippen LogP contribution in [-0.2, 0) is 13.6 Å². The first-order valence-corrected chi connectivity index (χ1v) is 3.01. The Kier molecular flexibility index (Phi) is 5.47. The molecule has 8 heavy (non-hydrogen) atoms. The summed E-state index contributed by atoms with van der Waals surface area (Å²) in [6, 6.07) is 0. The molecular formula is C2H10NO4P. The van der Waals surface area contributed by atoms with Gasteiger partial charge in [-0.2, -0.15) is 0 Å². The van der Waals surface area contributed by atoms with Crippen LogP contribution in [0.25, 0.3) is 0 Å². The van der Waals surface area contributed by atoms with Crippen LogP contribution in [0, 0.1) is 0 Å². The molecule has 0 spiro atoms. The molecule has 0 radical (unpaired) electrons. The molecule has 0 aromatic heterocycles. The Morgan fingerprint density at radius 1 is 1.38 bits per heavy atom. The van der Waals surface area contributed by atoms with E-state index in [0.717, 1.165) is 14.2 Å². The molecule has 0 fully saturated rings. The van der Waals surface area contributed by atoms with Gasteiger partial charge in [-0.3, -0.25) is 4.57 Å². The Balaban J connectivity index is 0. The molecule has 0 heterocycles. The highest BCUT2D eigenvalue weighted by Gasteiger charge is 1.98. The summed E-state index contributed by atoms with van der Waals surface area (Å²) in [5, 5.41) is 0. The predicted molar refractivity (Wildman–Crippen MR) is 27.6 cm³/mol. The normalized spacial score (nSPS) is 10.4. The van der Waals surface area contributed by atoms with E-state index in [-0.39, 0.29) is 6.15 Å². The Bertz CT molecular complexity index is 86.0. The van der Waals surface area contributed by atoms with E-state index in [2.05, 4.69) is 9.05 Å². The van der Waals surface area contributed by atoms with Gasteiger partial charge in [0, 0.05) is 14.2 Å². The van der Waals surface area contributed by atoms with Crippen molar-refractivity contribution in [2.24, 2.45) is 0 Å². The number of phosphoric acid groups is 1. The minimum absolute atomic E-state index is 0. The average Bonchev–Trinajstić information content (AvgIpc) is 1.68. The van der Waals surface area contributed by atoms with E-state index in [0.29, 0.717) is 0 Å². The van der Waals surface area contributed by atoms with Crippen molar-refractivity contribution in [3.05, 3.63) is 0 Å². The predicted octanol–water partition coefficient (Wildman–Crippen LogP) is 0.124. The summed E-state index contributed by atoms with van der Waals surface area (Å²) < 4.78 is 17.7. The van der Waals surface area contributed by atoms with Gasteiger partial charge in [0.15, 0.2) is 0 Å². The molecule has 5 nitrogen and oxygen atoms in total. The fourth-order valence-corrected chi connectivity index (χ4v) is 0.224. The van der Waals surface area contributed by atoms with Crippen LogP contribution in [-0.4, -0.2) is 14.2 Å². The SMILES string of the molecule is COP(=O)([O-])OC.[NH4+]. The van der Waals surface area contributed by atoms with Crippen molar-refractivity contribution in [3.8, 4) is 0 Å². The summed E-state index contributed by atoms with van der Waals surface area (Å²) in [6.07, 6.45) is 0. The lowest BCUT2D eigenvalue weighted by molar-refractivity contribution is -0.220. The molecule has 0 amide bonds. The van der Waals surface area contributed by atoms with Gasteiger partial charge in [0.05, 0.1) is 0 Å². The lowest BCUT2D eigenvalue weighted by Crippen LogP contribution is -2.02. The largest absolute Gasteiger partial charge is 0.756 e. The van der Waals surface area contributed by atoms with Gasteiger partial charge in [-0.15, -0.1) is 0 Å². The fourth-order valence-electron chi connectivity index (χ4n) is 0.0745. The minimum Gasteiger partial charge on any atom is -0.756 e. The second-order valence-electron chi connectivity index (χ2n) is 0.812. The molecule has 0 rings (SSSR count). The van der Waals surface area contributed by atoms with Gasteiger partial charge in [0.2, 0.25) is 0 Å². The van der Waals surface area contributed by atoms with E-state index in [4.69, 9.17) is 0 Å². The summed E-state index contributed by atoms with van der Waals surface area (Å²) in [5.41, 5.74) is 0. The molecule has 6 heteroatoms. The molecule has 52 valence electrons. The lowest BCUT2D eigenvalue weighted by Gasteiger charge is -2.16. The second kappa shape index (κ2) is 4.00. The van der Waals surface area contributed by atoms with Crippen molar-refractivity contribution >= 4 is 7.82 Å². The van der Waals surface area contributed by atoms with Crippen LogP contribution in [0.1, 0.15) is 0 Å². The molecule has 0 unspecified atom stereocenters. The molecule has 0 aliphatic rings. The first-order valence-electron chi connectivity index (χ1n) is 1.55. The fraction of sp³-hybridized carbons (Fsp3) is 1.00. The van der Waals surface area contributed by atoms with Crippen LogP contribution in [0.15, 0.2) is 0 Å². The van der Waals surface area contributed by atoms with Crippen molar-refractivity contribution in [1.29, 1.82) is 0 Å². The highest BCUT2D eigenvalue weighted by Crippen LogP contribution is 2.34. The summed E-state index contributed by atoms with van der Waals surface area (Å²) >= 11 is 0. The summed E-state index contributed by atoms with van der Waals surface area (Å²) in [7, 11) is -1.83. The van der Waals surface area contributed by atoms with E-state index in [1.54, 1.807) is 0 Å². The van der Waals surface area contributed by atoms with Gasteiger partial charge in [0.25, 0.3) is 7.82 Å². The molecule has 0 saturated heterocycles. The van der Waals surface area contributed by atoms with Crippen molar-refractivity contribution in [2.75, 3.05) is 14.2 Å². The number of phosphoric ester groups is 1. The zero-order valence-electron chi connectivity index (χ0n) is 5.08. The smallest absolute Gasteiger partial charge is 0.267 e. The van der Waals surface area contributed by atoms with E-state index in [1.165, 1.54) is 0 Å². The molecule has 0 aliphatic carbocycles. The third kappa shape index (κ3) is 4.23. The van der Waals surface area contributed by atoms with Crippen LogP contribution in [0.4, 0.5) is 0 Å². The highest BCUT2D eigenvalue weighted by molar-refractivity contribution is 7.45. The minimum atomic E-state index is -3.90. The summed E-state index contributed by atoms with van der Waals surface area (Å²) in [6.45, 7) is 0. The number of rotatable bonds is 2. The molecule has 0 atom stereocenters. The maximum atomic E-state index is 9.95. The van der Waals surface area contributed by atoms with Crippen molar-refractivity contribution in [3.63, 3.8) is 0 Å². The van der Waals surface area contributed by atoms with Crippen molar-refractivity contribution < 1.29 is 18.5 Å². The average molecular weight is 143 g/mol. The zero-order valence-corrected chi connectivity index (χ0v) is 5.97. The zero-order chi connectivity index (χ0) is 5.91. The monoisotopic (exact) mass is 143 g/mol. The molecule has 0 bridgehead atoms. The van der Waals surface area contributed by atoms with Crippen LogP contribution < -0.4 is 11.0 Å². The Hall–Kier alpha value is 0.0700. The van der Waals surface area contributed by atoms with Crippen molar-refractivity contribution in [1.82, 2.24) is 6.15 Å². The Morgan fingerprint density at radius 2 is 1.62 bits per heavy atom. The summed E-state index contributed by atoms with van der Waals surface area (Å²) in [5.74, 6) is 0. The molecule has 0 aromatic carbocycles. The first-order chi connectivity index (χ1) is 3.12. The maximum Gasteiger partial charge on any atom is 0.267 e. The van der Waals surface area contributed by atoms with Crippen LogP contribution >= 0.6 is 7.82 Å². The molecule has 4 N–H and O–H groups in total. The van der Waals surface area contributed by atoms with E-state index < -0.39 is 7.82 Å². The second-order valence-corrected chi connectivity index (χ2v) is 2.44. The number of hydrogen-bond donors (Lipinski definition) is 1. The molecule has 0 aromatic rings. The van der Waals surface area contributed by atoms with Gasteiger partial charge in [0.1, 0.15) is 0 Å². The Morgan fingerprint density at radius 3 is 1.62 bits per heavy atom. The third-order valence-corrected chi connectivity index (χ3v) is 1.34. The van der Waals surface area contributed by atoms with E-state index in [9.17, 15) is 9.46 Å². The lowest BCUT2D eigenvalue weighted by atomic mass is 11.8. The van der Waals surface area contributed by atoms with Gasteiger partial charge >= 0.3 is 0 Å². The third-order valence-electron chi connectivity index (χ3n) is 0.447. The molecule has 0 aliphatic heterocycles. The molecule has 0 saturated carbocycles. The van der Waals surface area contributed by atoms with Crippen LogP contribution in [0.5, 0.6) is 0 Å². The van der Waals surface area contributed by atoms with Gasteiger partial charge in [-0.1, -0.05) is 0 Å². The quantitative estimate of drug-likeness (QED) is 0.555. The summed E-state index contributed by atoms with van der Waals surface area (Å²) in [4.78, 5) is 9.95. The van der Waals surface area contributed by atoms with E-state index in [1.807, 2.05) is 0 Å². The standard InChI is InChI=1S/C2H7O4P.H3N/c1-5-7(3,4)6-2;/h1-2H3,(H,3,4);1H3.